The van der Waals surface area contributed by atoms with Gasteiger partial charge in [0.2, 0.25) is 0 Å². The Kier molecular flexibility index (Phi) is 6.01. The topological polar surface area (TPSA) is 79.2 Å². The van der Waals surface area contributed by atoms with E-state index in [2.05, 4.69) is 29.6 Å². The van der Waals surface area contributed by atoms with Crippen LogP contribution in [0.3, 0.4) is 0 Å². The van der Waals surface area contributed by atoms with Gasteiger partial charge < -0.3 is 10.4 Å². The number of hydrogen-bond acceptors (Lipinski definition) is 3. The molecule has 2 amide bonds. The maximum Gasteiger partial charge on any atom is 0.320 e. The molecule has 0 radical (unpaired) electrons. The van der Waals surface area contributed by atoms with Gasteiger partial charge in [0.15, 0.2) is 0 Å². The molecule has 1 aromatic rings. The van der Waals surface area contributed by atoms with E-state index in [9.17, 15) is 4.79 Å². The number of rotatable bonds is 7. The molecule has 1 aromatic heterocycles. The van der Waals surface area contributed by atoms with Crippen molar-refractivity contribution in [2.75, 3.05) is 18.5 Å². The third-order valence-electron chi connectivity index (χ3n) is 3.01. The maximum absolute atomic E-state index is 11.9. The van der Waals surface area contributed by atoms with Gasteiger partial charge in [-0.2, -0.15) is 5.10 Å². The molecule has 1 rings (SSSR count). The highest BCUT2D eigenvalue weighted by Gasteiger charge is 2.18. The lowest BCUT2D eigenvalue weighted by Crippen LogP contribution is -2.37. The summed E-state index contributed by atoms with van der Waals surface area (Å²) in [5.41, 5.74) is -0.121. The molecule has 114 valence electrons. The highest BCUT2D eigenvalue weighted by atomic mass is 16.3. The van der Waals surface area contributed by atoms with Crippen molar-refractivity contribution >= 4 is 11.8 Å². The lowest BCUT2D eigenvalue weighted by molar-refractivity contribution is 0.204. The highest BCUT2D eigenvalue weighted by molar-refractivity contribution is 5.88. The molecule has 0 spiro atoms. The monoisotopic (exact) mass is 282 g/mol. The van der Waals surface area contributed by atoms with Gasteiger partial charge in [-0.25, -0.2) is 9.48 Å². The molecule has 0 aromatic carbocycles. The molecule has 0 saturated heterocycles. The molecule has 6 nitrogen and oxygen atoms in total. The van der Waals surface area contributed by atoms with Crippen LogP contribution in [0.15, 0.2) is 12.3 Å². The number of amides is 2. The largest absolute Gasteiger partial charge is 0.396 e. The predicted octanol–water partition coefficient (Wildman–Crippen LogP) is 2.07. The molecule has 0 unspecified atom stereocenters. The van der Waals surface area contributed by atoms with Crippen molar-refractivity contribution in [3.8, 4) is 0 Å². The first kappa shape index (κ1) is 16.5. The van der Waals surface area contributed by atoms with E-state index < -0.39 is 0 Å². The number of nitrogens with one attached hydrogen (secondary N) is 2. The van der Waals surface area contributed by atoms with Crippen LogP contribution in [0.2, 0.25) is 0 Å². The standard InChI is InChI=1S/C14H26N4O2/c1-11(2)9-18-12(5-7-16-18)17-13(20)15-10-14(3,4)6-8-19/h5,7,11,19H,6,8-10H2,1-4H3,(H2,15,17,20). The second-order valence-electron chi connectivity index (χ2n) is 6.24. The highest BCUT2D eigenvalue weighted by Crippen LogP contribution is 2.18. The fourth-order valence-corrected chi connectivity index (χ4v) is 1.80. The first-order valence-electron chi connectivity index (χ1n) is 7.01. The van der Waals surface area contributed by atoms with Crippen LogP contribution < -0.4 is 10.6 Å². The molecule has 1 heterocycles. The summed E-state index contributed by atoms with van der Waals surface area (Å²) >= 11 is 0. The van der Waals surface area contributed by atoms with Crippen LogP contribution in [0.5, 0.6) is 0 Å². The Hall–Kier alpha value is -1.56. The number of anilines is 1. The van der Waals surface area contributed by atoms with Gasteiger partial charge in [-0.05, 0) is 17.8 Å². The van der Waals surface area contributed by atoms with Crippen molar-refractivity contribution in [3.63, 3.8) is 0 Å². The minimum Gasteiger partial charge on any atom is -0.396 e. The normalized spacial score (nSPS) is 11.7. The Labute approximate surface area is 120 Å². The average molecular weight is 282 g/mol. The molecule has 0 fully saturated rings. The van der Waals surface area contributed by atoms with E-state index >= 15 is 0 Å². The molecule has 0 aliphatic heterocycles. The van der Waals surface area contributed by atoms with Crippen molar-refractivity contribution in [1.29, 1.82) is 0 Å². The number of urea groups is 1. The number of hydrogen-bond donors (Lipinski definition) is 3. The molecule has 0 saturated carbocycles. The fourth-order valence-electron chi connectivity index (χ4n) is 1.80. The molecule has 0 aliphatic rings. The second kappa shape index (κ2) is 7.28. The number of aromatic nitrogens is 2. The molecular formula is C14H26N4O2. The van der Waals surface area contributed by atoms with Crippen LogP contribution in [-0.2, 0) is 6.54 Å². The minimum absolute atomic E-state index is 0.121. The van der Waals surface area contributed by atoms with Crippen LogP contribution in [0.1, 0.15) is 34.1 Å². The molecule has 20 heavy (non-hydrogen) atoms. The van der Waals surface area contributed by atoms with Gasteiger partial charge in [0.05, 0.1) is 6.20 Å². The summed E-state index contributed by atoms with van der Waals surface area (Å²) in [5, 5.41) is 18.8. The van der Waals surface area contributed by atoms with Gasteiger partial charge in [0.25, 0.3) is 0 Å². The van der Waals surface area contributed by atoms with Crippen molar-refractivity contribution in [2.24, 2.45) is 11.3 Å². The van der Waals surface area contributed by atoms with E-state index in [0.29, 0.717) is 24.7 Å². The minimum atomic E-state index is -0.249. The third kappa shape index (κ3) is 5.61. The first-order valence-corrected chi connectivity index (χ1v) is 7.01. The van der Waals surface area contributed by atoms with Crippen LogP contribution >= 0.6 is 0 Å². The molecule has 0 aliphatic carbocycles. The molecule has 0 bridgehead atoms. The predicted molar refractivity (Wildman–Crippen MR) is 79.6 cm³/mol. The summed E-state index contributed by atoms with van der Waals surface area (Å²) in [7, 11) is 0. The van der Waals surface area contributed by atoms with Crippen LogP contribution in [0.4, 0.5) is 10.6 Å². The quantitative estimate of drug-likeness (QED) is 0.716. The van der Waals surface area contributed by atoms with Gasteiger partial charge in [-0.1, -0.05) is 27.7 Å². The number of aliphatic hydroxyl groups excluding tert-OH is 1. The van der Waals surface area contributed by atoms with Gasteiger partial charge >= 0.3 is 6.03 Å². The van der Waals surface area contributed by atoms with Crippen molar-refractivity contribution in [2.45, 2.75) is 40.7 Å². The summed E-state index contributed by atoms with van der Waals surface area (Å²) in [5.74, 6) is 1.15. The van der Waals surface area contributed by atoms with E-state index in [1.807, 2.05) is 13.8 Å². The summed E-state index contributed by atoms with van der Waals surface area (Å²) in [6.45, 7) is 9.61. The maximum atomic E-state index is 11.9. The third-order valence-corrected chi connectivity index (χ3v) is 3.01. The Morgan fingerprint density at radius 2 is 2.20 bits per heavy atom. The summed E-state index contributed by atoms with van der Waals surface area (Å²) in [4.78, 5) is 11.9. The molecule has 0 atom stereocenters. The number of aliphatic hydroxyl groups is 1. The van der Waals surface area contributed by atoms with Crippen LogP contribution in [0, 0.1) is 11.3 Å². The second-order valence-corrected chi connectivity index (χ2v) is 6.24. The zero-order valence-electron chi connectivity index (χ0n) is 12.8. The molecular weight excluding hydrogens is 256 g/mol. The fraction of sp³-hybridized carbons (Fsp3) is 0.714. The Morgan fingerprint density at radius 3 is 2.80 bits per heavy atom. The Balaban J connectivity index is 2.49. The van der Waals surface area contributed by atoms with Crippen LogP contribution in [-0.4, -0.2) is 34.1 Å². The Bertz CT molecular complexity index is 427. The van der Waals surface area contributed by atoms with Crippen molar-refractivity contribution in [3.05, 3.63) is 12.3 Å². The van der Waals surface area contributed by atoms with Gasteiger partial charge in [-0.15, -0.1) is 0 Å². The molecule has 6 heteroatoms. The van der Waals surface area contributed by atoms with Gasteiger partial charge in [0, 0.05) is 25.8 Å². The zero-order chi connectivity index (χ0) is 15.2. The van der Waals surface area contributed by atoms with Gasteiger partial charge in [-0.3, -0.25) is 5.32 Å². The SMILES string of the molecule is CC(C)Cn1nccc1NC(=O)NCC(C)(C)CCO. The number of carbonyl (C=O) groups is 1. The summed E-state index contributed by atoms with van der Waals surface area (Å²) in [6, 6.07) is 1.53. The zero-order valence-corrected chi connectivity index (χ0v) is 12.8. The Morgan fingerprint density at radius 1 is 1.50 bits per heavy atom. The van der Waals surface area contributed by atoms with Crippen molar-refractivity contribution in [1.82, 2.24) is 15.1 Å². The van der Waals surface area contributed by atoms with E-state index in [0.717, 1.165) is 6.54 Å². The number of carbonyl (C=O) groups excluding carboxylic acids is 1. The summed E-state index contributed by atoms with van der Waals surface area (Å²) in [6.07, 6.45) is 2.33. The van der Waals surface area contributed by atoms with E-state index in [4.69, 9.17) is 5.11 Å². The average Bonchev–Trinajstić information content (AvgIpc) is 2.73. The smallest absolute Gasteiger partial charge is 0.320 e. The number of nitrogens with zero attached hydrogens (tertiary/aromatic N) is 2. The lowest BCUT2D eigenvalue weighted by atomic mass is 9.90. The molecule has 3 N–H and O–H groups in total. The van der Waals surface area contributed by atoms with E-state index in [-0.39, 0.29) is 18.1 Å². The summed E-state index contributed by atoms with van der Waals surface area (Å²) < 4.78 is 1.78. The van der Waals surface area contributed by atoms with Crippen LogP contribution in [0.25, 0.3) is 0 Å². The first-order chi connectivity index (χ1) is 9.34. The van der Waals surface area contributed by atoms with Crippen molar-refractivity contribution < 1.29 is 9.90 Å². The lowest BCUT2D eigenvalue weighted by Gasteiger charge is -2.23. The van der Waals surface area contributed by atoms with E-state index in [1.165, 1.54) is 0 Å². The van der Waals surface area contributed by atoms with E-state index in [1.54, 1.807) is 16.9 Å². The van der Waals surface area contributed by atoms with Gasteiger partial charge in [0.1, 0.15) is 5.82 Å².